The zero-order valence-electron chi connectivity index (χ0n) is 6.54. The summed E-state index contributed by atoms with van der Waals surface area (Å²) in [5.74, 6) is 0. The molecule has 1 N–H and O–H groups in total. The molecule has 0 saturated carbocycles. The molecule has 13 heavy (non-hydrogen) atoms. The van der Waals surface area contributed by atoms with E-state index >= 15 is 0 Å². The van der Waals surface area contributed by atoms with Crippen molar-refractivity contribution in [3.05, 3.63) is 38.5 Å². The fourth-order valence-corrected chi connectivity index (χ4v) is 1.57. The van der Waals surface area contributed by atoms with E-state index in [2.05, 4.69) is 0 Å². The van der Waals surface area contributed by atoms with Crippen molar-refractivity contribution in [2.45, 2.75) is 0 Å². The Bertz CT molecular complexity index is 408. The van der Waals surface area contributed by atoms with E-state index in [1.54, 1.807) is 24.3 Å². The Morgan fingerprint density at radius 2 is 1.85 bits per heavy atom. The molecule has 69 valence electrons. The first-order valence-electron chi connectivity index (χ1n) is 3.41. The maximum atomic E-state index is 10.6. The second-order valence-corrected chi connectivity index (χ2v) is 6.56. The fraction of sp³-hybridized carbons (Fsp3) is 0. The van der Waals surface area contributed by atoms with Gasteiger partial charge < -0.3 is 0 Å². The molecule has 0 aromatic heterocycles. The number of hydrogen-bond donors (Lipinski definition) is 1. The van der Waals surface area contributed by atoms with Gasteiger partial charge in [0.2, 0.25) is 0 Å². The van der Waals surface area contributed by atoms with Crippen LogP contribution in [0.3, 0.4) is 0 Å². The summed E-state index contributed by atoms with van der Waals surface area (Å²) < 4.78 is 30.0. The molecule has 0 bridgehead atoms. The van der Waals surface area contributed by atoms with Gasteiger partial charge in [-0.3, -0.25) is 0 Å². The topological polar surface area (TPSA) is 54.4 Å². The van der Waals surface area contributed by atoms with Gasteiger partial charge in [-0.1, -0.05) is 0 Å². The minimum absolute atomic E-state index is 0.0266. The average molecular weight is 392 g/mol. The third-order valence-corrected chi connectivity index (χ3v) is 4.88. The van der Waals surface area contributed by atoms with Crippen molar-refractivity contribution in [3.63, 3.8) is 0 Å². The van der Waals surface area contributed by atoms with E-state index in [-0.39, 0.29) is 2.56 Å². The van der Waals surface area contributed by atoms with Crippen LogP contribution in [0.5, 0.6) is 0 Å². The summed E-state index contributed by atoms with van der Waals surface area (Å²) in [7, 11) is -4.00. The summed E-state index contributed by atoms with van der Waals surface area (Å²) in [6.45, 7) is 0. The summed E-state index contributed by atoms with van der Waals surface area (Å²) in [4.78, 5) is 0. The van der Waals surface area contributed by atoms with Gasteiger partial charge in [0, 0.05) is 0 Å². The predicted molar refractivity (Wildman–Crippen MR) is 51.7 cm³/mol. The van der Waals surface area contributed by atoms with E-state index < -0.39 is 10.1 Å². The molecule has 0 aliphatic rings. The second-order valence-electron chi connectivity index (χ2n) is 2.35. The molecule has 0 atom stereocenters. The fourth-order valence-electron chi connectivity index (χ4n) is 0.760. The molecule has 1 aromatic carbocycles. The zero-order chi connectivity index (χ0) is 9.90. The van der Waals surface area contributed by atoms with Crippen LogP contribution in [-0.2, 0) is 10.1 Å². The van der Waals surface area contributed by atoms with Crippen molar-refractivity contribution < 1.29 is 13.0 Å². The third-order valence-electron chi connectivity index (χ3n) is 1.34. The standard InChI is InChI=1S/C8H7O3S.Po/c9-12(10,11)7-6-8-4-2-1-3-5-8;/h1-6H,(H,9,10,11);. The molecular weight excluding hydrogens is 385 g/mol. The van der Waals surface area contributed by atoms with Crippen LogP contribution in [0.4, 0.5) is 0 Å². The molecule has 0 aliphatic carbocycles. The molecule has 0 saturated heterocycles. The Labute approximate surface area is 92.3 Å². The Morgan fingerprint density at radius 1 is 1.31 bits per heavy atom. The van der Waals surface area contributed by atoms with Crippen LogP contribution >= 0.6 is 0 Å². The molecule has 0 heterocycles. The first-order valence-corrected chi connectivity index (χ1v) is 6.44. The van der Waals surface area contributed by atoms with E-state index in [9.17, 15) is 8.42 Å². The quantitative estimate of drug-likeness (QED) is 0.766. The van der Waals surface area contributed by atoms with E-state index in [4.69, 9.17) is 4.55 Å². The van der Waals surface area contributed by atoms with Crippen LogP contribution in [-0.4, -0.2) is 38.0 Å². The van der Waals surface area contributed by atoms with Gasteiger partial charge in [0.1, 0.15) is 0 Å². The number of hydrogen-bond acceptors (Lipinski definition) is 2. The minimum atomic E-state index is -4.00. The predicted octanol–water partition coefficient (Wildman–Crippen LogP) is 1.04. The van der Waals surface area contributed by atoms with Gasteiger partial charge in [0.25, 0.3) is 0 Å². The summed E-state index contributed by atoms with van der Waals surface area (Å²) in [6.07, 6.45) is 1.45. The van der Waals surface area contributed by atoms with Gasteiger partial charge in [-0.25, -0.2) is 0 Å². The molecule has 1 radical (unpaired) electrons. The molecule has 0 spiro atoms. The average Bonchev–Trinajstić information content (AvgIpc) is 2.04. The summed E-state index contributed by atoms with van der Waals surface area (Å²) in [5.41, 5.74) is 0.769. The first-order chi connectivity index (χ1) is 6.00. The molecule has 3 nitrogen and oxygen atoms in total. The van der Waals surface area contributed by atoms with Crippen molar-refractivity contribution in [3.8, 4) is 0 Å². The Kier molecular flexibility index (Phi) is 3.60. The Morgan fingerprint density at radius 3 is 2.31 bits per heavy atom. The summed E-state index contributed by atoms with van der Waals surface area (Å²) in [6, 6.07) is 8.99. The monoisotopic (exact) mass is 392 g/mol. The van der Waals surface area contributed by atoms with Gasteiger partial charge in [-0.15, -0.1) is 0 Å². The van der Waals surface area contributed by atoms with Crippen molar-refractivity contribution in [2.24, 2.45) is 0 Å². The van der Waals surface area contributed by atoms with Crippen LogP contribution < -0.4 is 0 Å². The molecule has 5 heteroatoms. The summed E-state index contributed by atoms with van der Waals surface area (Å²) >= 11 is 0.723. The third kappa shape index (κ3) is 3.56. The number of benzene rings is 1. The van der Waals surface area contributed by atoms with Crippen molar-refractivity contribution in [1.29, 1.82) is 0 Å². The normalized spacial score (nSPS) is 12.8. The molecule has 0 unspecified atom stereocenters. The molecule has 1 rings (SSSR count). The maximum absolute atomic E-state index is 10.6. The Balaban J connectivity index is 3.04. The molecule has 0 aliphatic heterocycles. The second kappa shape index (κ2) is 4.32. The Hall–Kier alpha value is -0.234. The van der Waals surface area contributed by atoms with Gasteiger partial charge in [-0.2, -0.15) is 0 Å². The van der Waals surface area contributed by atoms with E-state index in [0.29, 0.717) is 0 Å². The van der Waals surface area contributed by atoms with E-state index in [0.717, 1.165) is 30.6 Å². The van der Waals surface area contributed by atoms with Crippen LogP contribution in [0.25, 0.3) is 6.08 Å². The van der Waals surface area contributed by atoms with E-state index in [1.807, 2.05) is 6.07 Å². The van der Waals surface area contributed by atoms with Crippen molar-refractivity contribution in [1.82, 2.24) is 0 Å². The van der Waals surface area contributed by atoms with Crippen LogP contribution in [0.15, 0.2) is 32.9 Å². The first kappa shape index (κ1) is 10.8. The summed E-state index contributed by atoms with van der Waals surface area (Å²) in [5, 5.41) is 0. The van der Waals surface area contributed by atoms with Gasteiger partial charge in [-0.05, 0) is 0 Å². The van der Waals surface area contributed by atoms with Gasteiger partial charge in [0.15, 0.2) is 0 Å². The molecule has 1 aromatic rings. The number of rotatable bonds is 2. The van der Waals surface area contributed by atoms with E-state index in [1.165, 1.54) is 6.08 Å². The van der Waals surface area contributed by atoms with Crippen LogP contribution in [0, 0.1) is 0 Å². The van der Waals surface area contributed by atoms with Crippen molar-refractivity contribution in [2.75, 3.05) is 0 Å². The van der Waals surface area contributed by atoms with Gasteiger partial charge in [0.05, 0.1) is 0 Å². The zero-order valence-corrected chi connectivity index (χ0v) is 10.5. The van der Waals surface area contributed by atoms with Gasteiger partial charge >= 0.3 is 92.7 Å². The molecule has 0 fully saturated rings. The molecular formula is C8H7O3PoS. The van der Waals surface area contributed by atoms with Crippen LogP contribution in [0.1, 0.15) is 5.56 Å². The SMILES string of the molecule is O=S(=O)(O)/[C]([Po])=C/c1ccccc1. The van der Waals surface area contributed by atoms with Crippen LogP contribution in [0.2, 0.25) is 0 Å². The molecule has 0 amide bonds. The van der Waals surface area contributed by atoms with Crippen molar-refractivity contribution >= 4 is 41.3 Å².